The summed E-state index contributed by atoms with van der Waals surface area (Å²) < 4.78 is 31.7. The van der Waals surface area contributed by atoms with Crippen LogP contribution in [-0.4, -0.2) is 54.3 Å². The number of anilines is 1. The van der Waals surface area contributed by atoms with Gasteiger partial charge < -0.3 is 4.74 Å². The Morgan fingerprint density at radius 1 is 1.10 bits per heavy atom. The van der Waals surface area contributed by atoms with Gasteiger partial charge in [0.2, 0.25) is 16.0 Å². The van der Waals surface area contributed by atoms with Gasteiger partial charge in [-0.1, -0.05) is 6.42 Å². The molecule has 2 heterocycles. The summed E-state index contributed by atoms with van der Waals surface area (Å²) in [5.74, 6) is -1.18. The third-order valence-electron chi connectivity index (χ3n) is 4.42. The molecule has 154 valence electrons. The second-order valence-electron chi connectivity index (χ2n) is 6.64. The fraction of sp³-hybridized carbons (Fsp3) is 0.368. The molecule has 0 atom stereocenters. The summed E-state index contributed by atoms with van der Waals surface area (Å²) in [6.07, 6.45) is 4.22. The zero-order chi connectivity index (χ0) is 20.9. The van der Waals surface area contributed by atoms with Gasteiger partial charge in [-0.05, 0) is 50.1 Å². The smallest absolute Gasteiger partial charge is 0.338 e. The van der Waals surface area contributed by atoms with E-state index in [4.69, 9.17) is 4.74 Å². The van der Waals surface area contributed by atoms with E-state index in [0.717, 1.165) is 19.3 Å². The van der Waals surface area contributed by atoms with Crippen molar-refractivity contribution in [3.63, 3.8) is 0 Å². The molecule has 0 radical (unpaired) electrons. The first-order valence-electron chi connectivity index (χ1n) is 9.23. The van der Waals surface area contributed by atoms with Crippen molar-refractivity contribution in [2.75, 3.05) is 25.0 Å². The molecule has 1 N–H and O–H groups in total. The highest BCUT2D eigenvalue weighted by atomic mass is 32.2. The maximum absolute atomic E-state index is 12.6. The molecule has 1 aliphatic heterocycles. The first-order valence-corrected chi connectivity index (χ1v) is 10.7. The van der Waals surface area contributed by atoms with Crippen LogP contribution in [-0.2, 0) is 19.6 Å². The fourth-order valence-corrected chi connectivity index (χ4v) is 4.42. The van der Waals surface area contributed by atoms with Crippen molar-refractivity contribution in [2.24, 2.45) is 0 Å². The number of ether oxygens (including phenoxy) is 1. The predicted molar refractivity (Wildman–Crippen MR) is 105 cm³/mol. The molecule has 1 amide bonds. The van der Waals surface area contributed by atoms with Gasteiger partial charge >= 0.3 is 5.97 Å². The zero-order valence-electron chi connectivity index (χ0n) is 16.0. The van der Waals surface area contributed by atoms with Gasteiger partial charge in [0.1, 0.15) is 0 Å². The maximum atomic E-state index is 12.6. The predicted octanol–water partition coefficient (Wildman–Crippen LogP) is 1.76. The van der Waals surface area contributed by atoms with Gasteiger partial charge in [0.25, 0.3) is 5.91 Å². The van der Waals surface area contributed by atoms with Crippen molar-refractivity contribution in [1.82, 2.24) is 14.3 Å². The first-order chi connectivity index (χ1) is 13.9. The molecule has 10 heteroatoms. The number of carbonyl (C=O) groups is 2. The highest BCUT2D eigenvalue weighted by molar-refractivity contribution is 7.89. The average molecular weight is 418 g/mol. The van der Waals surface area contributed by atoms with Crippen LogP contribution >= 0.6 is 0 Å². The van der Waals surface area contributed by atoms with Crippen LogP contribution in [0.25, 0.3) is 0 Å². The van der Waals surface area contributed by atoms with Gasteiger partial charge in [-0.25, -0.2) is 23.2 Å². The number of piperidine rings is 1. The number of rotatable bonds is 6. The van der Waals surface area contributed by atoms with Crippen molar-refractivity contribution >= 4 is 27.8 Å². The molecule has 9 nitrogen and oxygen atoms in total. The van der Waals surface area contributed by atoms with E-state index in [9.17, 15) is 18.0 Å². The number of aryl methyl sites for hydroxylation is 1. The van der Waals surface area contributed by atoms with E-state index in [0.29, 0.717) is 18.8 Å². The molecule has 1 fully saturated rings. The Labute approximate surface area is 169 Å². The summed E-state index contributed by atoms with van der Waals surface area (Å²) in [4.78, 5) is 32.0. The summed E-state index contributed by atoms with van der Waals surface area (Å²) >= 11 is 0. The highest BCUT2D eigenvalue weighted by Gasteiger charge is 2.26. The molecule has 1 aliphatic rings. The standard InChI is InChI=1S/C19H22N4O5S/c1-14-9-10-20-19(21-14)22-17(24)13-28-18(25)15-5-7-16(8-6-15)29(26,27)23-11-3-2-4-12-23/h5-10H,2-4,11-13H2,1H3,(H,20,21,22,24). The lowest BCUT2D eigenvalue weighted by molar-refractivity contribution is -0.119. The van der Waals surface area contributed by atoms with E-state index < -0.39 is 28.5 Å². The van der Waals surface area contributed by atoms with Gasteiger partial charge in [-0.2, -0.15) is 4.31 Å². The van der Waals surface area contributed by atoms with Gasteiger partial charge in [0.15, 0.2) is 6.61 Å². The quantitative estimate of drug-likeness (QED) is 0.710. The van der Waals surface area contributed by atoms with Crippen LogP contribution in [0.1, 0.15) is 35.3 Å². The number of nitrogens with zero attached hydrogens (tertiary/aromatic N) is 3. The van der Waals surface area contributed by atoms with E-state index >= 15 is 0 Å². The summed E-state index contributed by atoms with van der Waals surface area (Å²) in [7, 11) is -3.57. The topological polar surface area (TPSA) is 119 Å². The van der Waals surface area contributed by atoms with E-state index in [1.165, 1.54) is 34.8 Å². The Hall–Kier alpha value is -2.85. The minimum absolute atomic E-state index is 0.123. The number of carbonyl (C=O) groups excluding carboxylic acids is 2. The van der Waals surface area contributed by atoms with Crippen LogP contribution in [0.15, 0.2) is 41.4 Å². The third kappa shape index (κ3) is 5.36. The van der Waals surface area contributed by atoms with Gasteiger partial charge in [-0.3, -0.25) is 10.1 Å². The van der Waals surface area contributed by atoms with Crippen LogP contribution in [0, 0.1) is 6.92 Å². The third-order valence-corrected chi connectivity index (χ3v) is 6.34. The minimum atomic E-state index is -3.57. The average Bonchev–Trinajstić information content (AvgIpc) is 2.73. The Kier molecular flexibility index (Phi) is 6.55. The number of sulfonamides is 1. The van der Waals surface area contributed by atoms with Crippen LogP contribution in [0.2, 0.25) is 0 Å². The van der Waals surface area contributed by atoms with E-state index in [1.54, 1.807) is 13.0 Å². The Morgan fingerprint density at radius 3 is 2.45 bits per heavy atom. The largest absolute Gasteiger partial charge is 0.452 e. The maximum Gasteiger partial charge on any atom is 0.338 e. The zero-order valence-corrected chi connectivity index (χ0v) is 16.8. The summed E-state index contributed by atoms with van der Waals surface area (Å²) in [6, 6.07) is 7.19. The number of hydrogen-bond acceptors (Lipinski definition) is 7. The highest BCUT2D eigenvalue weighted by Crippen LogP contribution is 2.21. The van der Waals surface area contributed by atoms with E-state index in [-0.39, 0.29) is 16.4 Å². The Bertz CT molecular complexity index is 986. The number of benzene rings is 1. The molecular formula is C19H22N4O5S. The molecular weight excluding hydrogens is 396 g/mol. The first kappa shape index (κ1) is 20.9. The Balaban J connectivity index is 1.56. The molecule has 0 bridgehead atoms. The van der Waals surface area contributed by atoms with Crippen LogP contribution in [0.3, 0.4) is 0 Å². The minimum Gasteiger partial charge on any atom is -0.452 e. The second kappa shape index (κ2) is 9.10. The lowest BCUT2D eigenvalue weighted by Gasteiger charge is -2.25. The van der Waals surface area contributed by atoms with Gasteiger partial charge in [0.05, 0.1) is 10.5 Å². The van der Waals surface area contributed by atoms with Crippen molar-refractivity contribution in [3.05, 3.63) is 47.8 Å². The molecule has 0 aliphatic carbocycles. The number of nitrogens with one attached hydrogen (secondary N) is 1. The molecule has 1 aromatic heterocycles. The van der Waals surface area contributed by atoms with Crippen molar-refractivity contribution in [3.8, 4) is 0 Å². The normalized spacial score (nSPS) is 14.9. The summed E-state index contributed by atoms with van der Waals surface area (Å²) in [5, 5.41) is 2.43. The summed E-state index contributed by atoms with van der Waals surface area (Å²) in [5.41, 5.74) is 0.842. The van der Waals surface area contributed by atoms with E-state index in [1.807, 2.05) is 0 Å². The molecule has 0 spiro atoms. The van der Waals surface area contributed by atoms with Crippen LogP contribution in [0.4, 0.5) is 5.95 Å². The SMILES string of the molecule is Cc1ccnc(NC(=O)COC(=O)c2ccc(S(=O)(=O)N3CCCCC3)cc2)n1. The number of esters is 1. The lowest BCUT2D eigenvalue weighted by atomic mass is 10.2. The van der Waals surface area contributed by atoms with Gasteiger partial charge in [-0.15, -0.1) is 0 Å². The van der Waals surface area contributed by atoms with Crippen LogP contribution in [0.5, 0.6) is 0 Å². The molecule has 0 saturated carbocycles. The lowest BCUT2D eigenvalue weighted by Crippen LogP contribution is -2.35. The Morgan fingerprint density at radius 2 is 1.79 bits per heavy atom. The van der Waals surface area contributed by atoms with Crippen LogP contribution < -0.4 is 5.32 Å². The molecule has 3 rings (SSSR count). The molecule has 29 heavy (non-hydrogen) atoms. The molecule has 0 unspecified atom stereocenters. The second-order valence-corrected chi connectivity index (χ2v) is 8.57. The fourth-order valence-electron chi connectivity index (χ4n) is 2.90. The molecule has 1 aromatic carbocycles. The van der Waals surface area contributed by atoms with E-state index in [2.05, 4.69) is 15.3 Å². The molecule has 2 aromatic rings. The van der Waals surface area contributed by atoms with Crippen molar-refractivity contribution in [2.45, 2.75) is 31.1 Å². The number of hydrogen-bond donors (Lipinski definition) is 1. The monoisotopic (exact) mass is 418 g/mol. The van der Waals surface area contributed by atoms with Crippen molar-refractivity contribution in [1.29, 1.82) is 0 Å². The number of aromatic nitrogens is 2. The summed E-state index contributed by atoms with van der Waals surface area (Å²) in [6.45, 7) is 2.26. The van der Waals surface area contributed by atoms with Gasteiger partial charge in [0, 0.05) is 25.0 Å². The van der Waals surface area contributed by atoms with Crippen molar-refractivity contribution < 1.29 is 22.7 Å². The number of amides is 1. The molecule has 1 saturated heterocycles.